The third-order valence-corrected chi connectivity index (χ3v) is 7.39. The molecule has 26 heavy (non-hydrogen) atoms. The number of hydrogen-bond acceptors (Lipinski definition) is 4. The molecule has 2 aromatic rings. The van der Waals surface area contributed by atoms with Gasteiger partial charge in [-0.1, -0.05) is 43.2 Å². The molecule has 4 rings (SSSR count). The minimum Gasteiger partial charge on any atom is -0.363 e. The molecule has 0 N–H and O–H groups in total. The van der Waals surface area contributed by atoms with Crippen LogP contribution >= 0.6 is 0 Å². The van der Waals surface area contributed by atoms with Gasteiger partial charge in [-0.25, -0.2) is 8.42 Å². The van der Waals surface area contributed by atoms with Crippen LogP contribution in [0.4, 0.5) is 0 Å². The quantitative estimate of drug-likeness (QED) is 0.821. The van der Waals surface area contributed by atoms with Gasteiger partial charge in [-0.3, -0.25) is 4.68 Å². The Hall–Kier alpha value is -1.70. The summed E-state index contributed by atoms with van der Waals surface area (Å²) < 4.78 is 35.7. The first-order chi connectivity index (χ1) is 12.4. The summed E-state index contributed by atoms with van der Waals surface area (Å²) in [4.78, 5) is 0.272. The number of hydrogen-bond donors (Lipinski definition) is 0. The number of nitrogens with zero attached hydrogens (tertiary/aromatic N) is 3. The Morgan fingerprint density at radius 1 is 1.15 bits per heavy atom. The molecular weight excluding hydrogens is 350 g/mol. The first-order valence-electron chi connectivity index (χ1n) is 9.15. The molecule has 1 aromatic heterocycles. The lowest BCUT2D eigenvalue weighted by atomic mass is 10.1. The summed E-state index contributed by atoms with van der Waals surface area (Å²) in [6.07, 6.45) is 6.16. The van der Waals surface area contributed by atoms with E-state index in [2.05, 4.69) is 0 Å². The van der Waals surface area contributed by atoms with Gasteiger partial charge in [-0.05, 0) is 26.7 Å². The Balaban J connectivity index is 1.84. The van der Waals surface area contributed by atoms with Crippen molar-refractivity contribution in [2.45, 2.75) is 56.0 Å². The maximum Gasteiger partial charge on any atom is 0.249 e. The molecule has 1 aromatic carbocycles. The van der Waals surface area contributed by atoms with Crippen molar-refractivity contribution in [3.63, 3.8) is 0 Å². The number of ether oxygens (including phenoxy) is 1. The van der Waals surface area contributed by atoms with Crippen LogP contribution in [-0.2, 0) is 14.8 Å². The van der Waals surface area contributed by atoms with Crippen LogP contribution in [-0.4, -0.2) is 41.4 Å². The molecule has 0 atom stereocenters. The second-order valence-corrected chi connectivity index (χ2v) is 9.60. The summed E-state index contributed by atoms with van der Waals surface area (Å²) in [6.45, 7) is 4.25. The summed E-state index contributed by atoms with van der Waals surface area (Å²) in [5.41, 5.74) is 0.781. The molecule has 1 saturated carbocycles. The van der Waals surface area contributed by atoms with Crippen LogP contribution in [0.15, 0.2) is 41.4 Å². The van der Waals surface area contributed by atoms with Crippen LogP contribution in [0.2, 0.25) is 0 Å². The summed E-state index contributed by atoms with van der Waals surface area (Å²) in [7, 11) is -3.71. The fourth-order valence-electron chi connectivity index (χ4n) is 3.85. The molecule has 0 spiro atoms. The Morgan fingerprint density at radius 3 is 2.46 bits per heavy atom. The third kappa shape index (κ3) is 2.98. The Morgan fingerprint density at radius 2 is 1.85 bits per heavy atom. The van der Waals surface area contributed by atoms with Gasteiger partial charge in [-0.15, -0.1) is 0 Å². The van der Waals surface area contributed by atoms with E-state index >= 15 is 0 Å². The fourth-order valence-corrected chi connectivity index (χ4v) is 5.65. The molecule has 1 aliphatic heterocycles. The average molecular weight is 375 g/mol. The second-order valence-electron chi connectivity index (χ2n) is 7.77. The predicted octanol–water partition coefficient (Wildman–Crippen LogP) is 3.42. The lowest BCUT2D eigenvalue weighted by molar-refractivity contribution is 0.171. The van der Waals surface area contributed by atoms with E-state index in [0.29, 0.717) is 12.3 Å². The molecule has 2 aliphatic rings. The van der Waals surface area contributed by atoms with Crippen molar-refractivity contribution in [1.29, 1.82) is 0 Å². The van der Waals surface area contributed by atoms with E-state index in [1.54, 1.807) is 6.20 Å². The van der Waals surface area contributed by atoms with Crippen LogP contribution in [0, 0.1) is 0 Å². The van der Waals surface area contributed by atoms with Gasteiger partial charge in [0.25, 0.3) is 0 Å². The van der Waals surface area contributed by atoms with E-state index < -0.39 is 15.6 Å². The Labute approximate surface area is 154 Å². The fraction of sp³-hybridized carbons (Fsp3) is 0.526. The normalized spacial score (nSPS) is 21.5. The van der Waals surface area contributed by atoms with E-state index in [1.165, 1.54) is 17.1 Å². The zero-order valence-electron chi connectivity index (χ0n) is 15.3. The Kier molecular flexibility index (Phi) is 4.41. The summed E-state index contributed by atoms with van der Waals surface area (Å²) in [6, 6.07) is 9.83. The number of benzene rings is 1. The van der Waals surface area contributed by atoms with E-state index in [-0.39, 0.29) is 17.7 Å². The maximum absolute atomic E-state index is 13.5. The molecule has 6 nitrogen and oxygen atoms in total. The number of aromatic nitrogens is 2. The molecular formula is C19H25N3O3S. The van der Waals surface area contributed by atoms with Crippen molar-refractivity contribution < 1.29 is 13.2 Å². The van der Waals surface area contributed by atoms with E-state index in [4.69, 9.17) is 9.84 Å². The highest BCUT2D eigenvalue weighted by Crippen LogP contribution is 2.36. The molecule has 7 heteroatoms. The molecule has 2 fully saturated rings. The molecule has 140 valence electrons. The van der Waals surface area contributed by atoms with Crippen molar-refractivity contribution >= 4 is 10.0 Å². The van der Waals surface area contributed by atoms with Crippen LogP contribution in [0.5, 0.6) is 0 Å². The minimum atomic E-state index is -3.71. The largest absolute Gasteiger partial charge is 0.363 e. The van der Waals surface area contributed by atoms with E-state index in [9.17, 15) is 8.42 Å². The Bertz CT molecular complexity index is 884. The summed E-state index contributed by atoms with van der Waals surface area (Å²) in [5, 5.41) is 4.72. The van der Waals surface area contributed by atoms with Crippen LogP contribution in [0.1, 0.15) is 45.6 Å². The van der Waals surface area contributed by atoms with Crippen molar-refractivity contribution in [3.05, 3.63) is 36.5 Å². The third-order valence-electron chi connectivity index (χ3n) is 5.35. The van der Waals surface area contributed by atoms with Crippen molar-refractivity contribution in [2.24, 2.45) is 0 Å². The lowest BCUT2D eigenvalue weighted by Crippen LogP contribution is -2.44. The molecule has 1 saturated heterocycles. The average Bonchev–Trinajstić information content (AvgIpc) is 3.34. The topological polar surface area (TPSA) is 64.4 Å². The van der Waals surface area contributed by atoms with Crippen LogP contribution in [0.25, 0.3) is 11.3 Å². The highest BCUT2D eigenvalue weighted by molar-refractivity contribution is 7.89. The SMILES string of the molecule is CC1(C)COCN1S(=O)(=O)c1cn(C2CCCC2)nc1-c1ccccc1. The zero-order valence-corrected chi connectivity index (χ0v) is 16.1. The highest BCUT2D eigenvalue weighted by atomic mass is 32.2. The van der Waals surface area contributed by atoms with Crippen molar-refractivity contribution in [2.75, 3.05) is 13.3 Å². The van der Waals surface area contributed by atoms with Crippen LogP contribution < -0.4 is 0 Å². The maximum atomic E-state index is 13.5. The summed E-state index contributed by atoms with van der Waals surface area (Å²) >= 11 is 0. The smallest absolute Gasteiger partial charge is 0.249 e. The van der Waals surface area contributed by atoms with Gasteiger partial charge in [0.05, 0.1) is 18.2 Å². The van der Waals surface area contributed by atoms with Gasteiger partial charge < -0.3 is 4.74 Å². The molecule has 0 unspecified atom stereocenters. The molecule has 2 heterocycles. The van der Waals surface area contributed by atoms with E-state index in [0.717, 1.165) is 18.4 Å². The van der Waals surface area contributed by atoms with Gasteiger partial charge in [0.1, 0.15) is 17.3 Å². The van der Waals surface area contributed by atoms with E-state index in [1.807, 2.05) is 48.9 Å². The molecule has 0 bridgehead atoms. The van der Waals surface area contributed by atoms with Gasteiger partial charge >= 0.3 is 0 Å². The monoisotopic (exact) mass is 375 g/mol. The molecule has 1 aliphatic carbocycles. The minimum absolute atomic E-state index is 0.0815. The number of rotatable bonds is 4. The number of sulfonamides is 1. The van der Waals surface area contributed by atoms with Gasteiger partial charge in [-0.2, -0.15) is 9.40 Å². The molecule has 0 radical (unpaired) electrons. The first kappa shape index (κ1) is 17.7. The van der Waals surface area contributed by atoms with Gasteiger partial charge in [0, 0.05) is 11.8 Å². The van der Waals surface area contributed by atoms with Crippen LogP contribution in [0.3, 0.4) is 0 Å². The first-order valence-corrected chi connectivity index (χ1v) is 10.6. The lowest BCUT2D eigenvalue weighted by Gasteiger charge is -2.27. The van der Waals surface area contributed by atoms with Gasteiger partial charge in [0.2, 0.25) is 10.0 Å². The van der Waals surface area contributed by atoms with Gasteiger partial charge in [0.15, 0.2) is 0 Å². The standard InChI is InChI=1S/C19H25N3O3S/c1-19(2)13-25-14-22(19)26(23,24)17-12-21(16-10-6-7-11-16)20-18(17)15-8-4-3-5-9-15/h3-5,8-9,12,16H,6-7,10-11,13-14H2,1-2H3. The molecule has 0 amide bonds. The summed E-state index contributed by atoms with van der Waals surface area (Å²) in [5.74, 6) is 0. The van der Waals surface area contributed by atoms with Crippen molar-refractivity contribution in [3.8, 4) is 11.3 Å². The highest BCUT2D eigenvalue weighted by Gasteiger charge is 2.44. The van der Waals surface area contributed by atoms with Crippen molar-refractivity contribution in [1.82, 2.24) is 14.1 Å². The zero-order chi connectivity index (χ0) is 18.4. The second kappa shape index (κ2) is 6.48. The predicted molar refractivity (Wildman–Crippen MR) is 99.1 cm³/mol.